The molecule has 1 atom stereocenters. The summed E-state index contributed by atoms with van der Waals surface area (Å²) >= 11 is 0. The molecule has 1 N–H and O–H groups in total. The van der Waals surface area contributed by atoms with E-state index in [0.29, 0.717) is 0 Å². The van der Waals surface area contributed by atoms with Crippen LogP contribution in [0, 0.1) is 0 Å². The predicted molar refractivity (Wildman–Crippen MR) is 180 cm³/mol. The van der Waals surface area contributed by atoms with Gasteiger partial charge in [-0.15, -0.1) is 0 Å². The van der Waals surface area contributed by atoms with Crippen LogP contribution in [0.5, 0.6) is 0 Å². The average Bonchev–Trinajstić information content (AvgIpc) is 2.93. The molecule has 0 amide bonds. The molecule has 0 bridgehead atoms. The number of benzene rings is 1. The van der Waals surface area contributed by atoms with Crippen LogP contribution < -0.4 is 20.6 Å². The molecule has 0 saturated carbocycles. The molecule has 0 aliphatic heterocycles. The van der Waals surface area contributed by atoms with Crippen molar-refractivity contribution in [1.82, 2.24) is 5.32 Å². The molecule has 0 aliphatic rings. The molecule has 4 radical (unpaired) electrons. The first-order chi connectivity index (χ1) is 18.4. The minimum absolute atomic E-state index is 0.254. The summed E-state index contributed by atoms with van der Waals surface area (Å²) < 4.78 is 23.4. The van der Waals surface area contributed by atoms with Crippen LogP contribution in [0.3, 0.4) is 0 Å². The highest BCUT2D eigenvalue weighted by Crippen LogP contribution is 2.35. The van der Waals surface area contributed by atoms with E-state index in [1.54, 1.807) is 30.2 Å². The lowest BCUT2D eigenvalue weighted by molar-refractivity contribution is 0.240. The van der Waals surface area contributed by atoms with Crippen molar-refractivity contribution in [2.45, 2.75) is 90.5 Å². The Morgan fingerprint density at radius 2 is 1.54 bits per heavy atom. The van der Waals surface area contributed by atoms with E-state index in [1.807, 2.05) is 14.2 Å². The molecule has 224 valence electrons. The van der Waals surface area contributed by atoms with Crippen LogP contribution in [0.25, 0.3) is 0 Å². The first-order valence-electron chi connectivity index (χ1n) is 14.6. The van der Waals surface area contributed by atoms with Crippen LogP contribution in [0.4, 0.5) is 5.69 Å². The van der Waals surface area contributed by atoms with Gasteiger partial charge in [0.2, 0.25) is 0 Å². The molecule has 1 aromatic carbocycles. The van der Waals surface area contributed by atoms with Gasteiger partial charge in [0.15, 0.2) is 0 Å². The highest BCUT2D eigenvalue weighted by Gasteiger charge is 2.40. The number of rotatable bonds is 20. The molecule has 0 fully saturated rings. The predicted octanol–water partition coefficient (Wildman–Crippen LogP) is 4.43. The molecule has 0 spiro atoms. The van der Waals surface area contributed by atoms with Crippen molar-refractivity contribution in [3.8, 4) is 0 Å². The summed E-state index contributed by atoms with van der Waals surface area (Å²) in [6.45, 7) is 24.2. The molecular formula is C28H58N2O4Si5. The van der Waals surface area contributed by atoms with Gasteiger partial charge in [-0.1, -0.05) is 50.4 Å². The smallest absolute Gasteiger partial charge is 0.341 e. The summed E-state index contributed by atoms with van der Waals surface area (Å²) in [4.78, 5) is 2.60. The molecular weight excluding hydrogens is 569 g/mol. The van der Waals surface area contributed by atoms with Gasteiger partial charge in [-0.3, -0.25) is 0 Å². The van der Waals surface area contributed by atoms with Gasteiger partial charge in [0.1, 0.15) is 0 Å². The number of nitrogens with one attached hydrogen (secondary N) is 1. The molecule has 0 heterocycles. The molecule has 39 heavy (non-hydrogen) atoms. The summed E-state index contributed by atoms with van der Waals surface area (Å²) in [6, 6.07) is 4.86. The van der Waals surface area contributed by atoms with E-state index in [4.69, 9.17) is 17.7 Å². The summed E-state index contributed by atoms with van der Waals surface area (Å²) in [5, 5.41) is 6.97. The second-order valence-electron chi connectivity index (χ2n) is 11.1. The highest BCUT2D eigenvalue weighted by molar-refractivity contribution is 6.76. The van der Waals surface area contributed by atoms with Gasteiger partial charge < -0.3 is 27.9 Å². The first kappa shape index (κ1) is 36.9. The van der Waals surface area contributed by atoms with Crippen LogP contribution in [0.15, 0.2) is 6.07 Å². The van der Waals surface area contributed by atoms with Gasteiger partial charge >= 0.3 is 17.1 Å². The van der Waals surface area contributed by atoms with Crippen LogP contribution >= 0.6 is 0 Å². The minimum atomic E-state index is -2.37. The Labute approximate surface area is 249 Å². The second-order valence-corrected chi connectivity index (χ2v) is 24.8. The molecule has 6 nitrogen and oxygen atoms in total. The van der Waals surface area contributed by atoms with E-state index in [-0.39, 0.29) is 5.54 Å². The maximum atomic E-state index is 6.08. The van der Waals surface area contributed by atoms with Gasteiger partial charge in [-0.2, -0.15) is 0 Å². The number of anilines is 1. The van der Waals surface area contributed by atoms with Crippen molar-refractivity contribution in [2.24, 2.45) is 0 Å². The standard InChI is InChI=1S/C28H58N2O4Si5/c1-14-30(15-2)27-25(23(3)39(13,33-6)34-7)21-26(36(8)9)24(28(27)37(10)11)17-19-35-22-29-18-16-20-38(12,31-4)32-5/h21,23,29H,14-20,22H2,1-13H3. The van der Waals surface area contributed by atoms with E-state index in [1.165, 1.54) is 23.7 Å². The maximum absolute atomic E-state index is 6.08. The molecule has 1 aromatic rings. The number of nitrogens with zero attached hydrogens (tertiary/aromatic N) is 1. The third-order valence-corrected chi connectivity index (χ3v) is 18.9. The van der Waals surface area contributed by atoms with Crippen LogP contribution in [0.2, 0.25) is 51.4 Å². The van der Waals surface area contributed by atoms with Crippen LogP contribution in [-0.4, -0.2) is 98.5 Å². The topological polar surface area (TPSA) is 52.2 Å². The second kappa shape index (κ2) is 17.8. The molecule has 0 saturated heterocycles. The molecule has 1 rings (SSSR count). The highest BCUT2D eigenvalue weighted by atomic mass is 28.4. The molecule has 1 unspecified atom stereocenters. The third-order valence-electron chi connectivity index (χ3n) is 8.27. The Bertz CT molecular complexity index is 848. The Hall–Kier alpha value is -0.0956. The van der Waals surface area contributed by atoms with E-state index in [2.05, 4.69) is 76.3 Å². The number of hydrogen-bond donors (Lipinski definition) is 1. The van der Waals surface area contributed by atoms with Crippen molar-refractivity contribution in [3.05, 3.63) is 17.2 Å². The van der Waals surface area contributed by atoms with Crippen molar-refractivity contribution in [3.63, 3.8) is 0 Å². The summed E-state index contributed by atoms with van der Waals surface area (Å²) in [5.41, 5.74) is 4.86. The van der Waals surface area contributed by atoms with Crippen LogP contribution in [-0.2, 0) is 24.1 Å². The fourth-order valence-corrected chi connectivity index (χ4v) is 12.3. The van der Waals surface area contributed by atoms with Crippen molar-refractivity contribution < 1.29 is 17.7 Å². The molecule has 11 heteroatoms. The summed E-state index contributed by atoms with van der Waals surface area (Å²) in [7, 11) is 2.48. The Morgan fingerprint density at radius 1 is 0.949 bits per heavy atom. The fraction of sp³-hybridized carbons (Fsp3) is 0.786. The number of hydrogen-bond acceptors (Lipinski definition) is 6. The maximum Gasteiger partial charge on any atom is 0.341 e. The zero-order valence-electron chi connectivity index (χ0n) is 27.4. The lowest BCUT2D eigenvalue weighted by Crippen LogP contribution is -2.47. The Morgan fingerprint density at radius 3 is 2.00 bits per heavy atom. The zero-order valence-corrected chi connectivity index (χ0v) is 32.4. The van der Waals surface area contributed by atoms with Gasteiger partial charge in [-0.05, 0) is 74.9 Å². The lowest BCUT2D eigenvalue weighted by Gasteiger charge is -2.37. The van der Waals surface area contributed by atoms with Gasteiger partial charge in [-0.25, -0.2) is 0 Å². The third kappa shape index (κ3) is 10.00. The molecule has 0 aromatic heterocycles. The monoisotopic (exact) mass is 626 g/mol. The van der Waals surface area contributed by atoms with Gasteiger partial charge in [0.05, 0.1) is 27.1 Å². The van der Waals surface area contributed by atoms with E-state index in [0.717, 1.165) is 47.8 Å². The fourth-order valence-electron chi connectivity index (χ4n) is 5.21. The van der Waals surface area contributed by atoms with Crippen molar-refractivity contribution in [2.75, 3.05) is 59.1 Å². The first-order valence-corrected chi connectivity index (χ1v) is 25.9. The Kier molecular flexibility index (Phi) is 16.8. The van der Waals surface area contributed by atoms with Crippen LogP contribution in [0.1, 0.15) is 43.9 Å². The SMILES string of the molecule is CCN(CC)c1c(C(C)[Si](C)(OC)OC)cc([Si](C)C)c(CC[Si]CNCCC[Si](C)(OC)OC)c1[Si](C)C. The van der Waals surface area contributed by atoms with E-state index >= 15 is 0 Å². The Balaban J connectivity index is 3.27. The zero-order chi connectivity index (χ0) is 29.8. The summed E-state index contributed by atoms with van der Waals surface area (Å²) in [5.74, 6) is 0. The van der Waals surface area contributed by atoms with Gasteiger partial charge in [0.25, 0.3) is 0 Å². The minimum Gasteiger partial charge on any atom is -0.398 e. The quantitative estimate of drug-likeness (QED) is 0.171. The molecule has 0 aliphatic carbocycles. The summed E-state index contributed by atoms with van der Waals surface area (Å²) in [6.07, 6.45) is 3.38. The van der Waals surface area contributed by atoms with E-state index in [9.17, 15) is 0 Å². The van der Waals surface area contributed by atoms with Crippen molar-refractivity contribution in [1.29, 1.82) is 0 Å². The largest absolute Gasteiger partial charge is 0.398 e. The average molecular weight is 627 g/mol. The van der Waals surface area contributed by atoms with Gasteiger partial charge in [0, 0.05) is 52.8 Å². The van der Waals surface area contributed by atoms with Crippen molar-refractivity contribution >= 4 is 60.3 Å². The normalized spacial score (nSPS) is 13.5. The van der Waals surface area contributed by atoms with E-state index < -0.39 is 34.7 Å². The lowest BCUT2D eigenvalue weighted by atomic mass is 10.0.